The number of fused-ring (bicyclic) bond motifs is 1. The van der Waals surface area contributed by atoms with Crippen LogP contribution in [0.3, 0.4) is 0 Å². The first-order chi connectivity index (χ1) is 12.0. The Hall–Kier alpha value is -2.60. The van der Waals surface area contributed by atoms with Gasteiger partial charge >= 0.3 is 0 Å². The van der Waals surface area contributed by atoms with Crippen molar-refractivity contribution in [2.24, 2.45) is 0 Å². The van der Waals surface area contributed by atoms with Gasteiger partial charge in [0, 0.05) is 0 Å². The molecule has 0 aromatic heterocycles. The van der Waals surface area contributed by atoms with Gasteiger partial charge in [-0.15, -0.1) is 0 Å². The van der Waals surface area contributed by atoms with Gasteiger partial charge in [0.15, 0.2) is 0 Å². The first-order valence-electron chi connectivity index (χ1n) is 8.79. The lowest BCUT2D eigenvalue weighted by Crippen LogP contribution is -1.99. The Morgan fingerprint density at radius 2 is 1.32 bits per heavy atom. The lowest BCUT2D eigenvalue weighted by Gasteiger charge is -2.20. The molecule has 0 unspecified atom stereocenters. The minimum Gasteiger partial charge on any atom is -0.0991 e. The Labute approximate surface area is 152 Å². The van der Waals surface area contributed by atoms with Crippen LogP contribution in [0.2, 0.25) is 0 Å². The third-order valence-electron chi connectivity index (χ3n) is 4.80. The van der Waals surface area contributed by atoms with Crippen LogP contribution in [-0.2, 0) is 0 Å². The molecule has 0 saturated heterocycles. The lowest BCUT2D eigenvalue weighted by molar-refractivity contribution is 1.33. The molecule has 25 heavy (non-hydrogen) atoms. The van der Waals surface area contributed by atoms with Crippen molar-refractivity contribution in [3.05, 3.63) is 82.5 Å². The van der Waals surface area contributed by atoms with Gasteiger partial charge in [-0.25, -0.2) is 0 Å². The van der Waals surface area contributed by atoms with Crippen LogP contribution >= 0.6 is 0 Å². The van der Waals surface area contributed by atoms with Crippen LogP contribution in [0.25, 0.3) is 35.1 Å². The van der Waals surface area contributed by atoms with E-state index in [4.69, 9.17) is 0 Å². The second-order valence-electron chi connectivity index (χ2n) is 6.32. The summed E-state index contributed by atoms with van der Waals surface area (Å²) in [6, 6.07) is 2.24. The SMILES string of the molecule is C=C/C=C\c1c(C)c(C)c(/C=C\C)c2c(C=C)cc(C)c(/C=C\C)c12. The van der Waals surface area contributed by atoms with Crippen LogP contribution < -0.4 is 0 Å². The molecule has 0 aliphatic rings. The smallest absolute Gasteiger partial charge is 0.00214 e. The molecular formula is C25H28. The molecule has 0 N–H and O–H groups in total. The van der Waals surface area contributed by atoms with Crippen LogP contribution in [0.4, 0.5) is 0 Å². The van der Waals surface area contributed by atoms with E-state index in [0.717, 1.165) is 0 Å². The van der Waals surface area contributed by atoms with Crippen molar-refractivity contribution in [3.8, 4) is 0 Å². The summed E-state index contributed by atoms with van der Waals surface area (Å²) in [4.78, 5) is 0. The van der Waals surface area contributed by atoms with E-state index < -0.39 is 0 Å². The van der Waals surface area contributed by atoms with E-state index in [-0.39, 0.29) is 0 Å². The predicted molar refractivity (Wildman–Crippen MR) is 117 cm³/mol. The van der Waals surface area contributed by atoms with Crippen LogP contribution in [-0.4, -0.2) is 0 Å². The third kappa shape index (κ3) is 3.30. The van der Waals surface area contributed by atoms with Crippen molar-refractivity contribution >= 4 is 35.1 Å². The van der Waals surface area contributed by atoms with Crippen molar-refractivity contribution in [3.63, 3.8) is 0 Å². The summed E-state index contributed by atoms with van der Waals surface area (Å²) < 4.78 is 0. The highest BCUT2D eigenvalue weighted by Gasteiger charge is 2.17. The molecule has 0 aliphatic carbocycles. The number of hydrogen-bond acceptors (Lipinski definition) is 0. The van der Waals surface area contributed by atoms with Crippen molar-refractivity contribution in [2.45, 2.75) is 34.6 Å². The first kappa shape index (κ1) is 18.7. The fourth-order valence-corrected chi connectivity index (χ4v) is 3.50. The summed E-state index contributed by atoms with van der Waals surface area (Å²) in [5.41, 5.74) is 8.90. The van der Waals surface area contributed by atoms with Gasteiger partial charge in [0.05, 0.1) is 0 Å². The second-order valence-corrected chi connectivity index (χ2v) is 6.32. The highest BCUT2D eigenvalue weighted by atomic mass is 14.2. The van der Waals surface area contributed by atoms with E-state index in [9.17, 15) is 0 Å². The van der Waals surface area contributed by atoms with E-state index in [1.165, 1.54) is 49.7 Å². The molecule has 0 fully saturated rings. The molecular weight excluding hydrogens is 300 g/mol. The van der Waals surface area contributed by atoms with Gasteiger partial charge in [0.1, 0.15) is 0 Å². The van der Waals surface area contributed by atoms with Gasteiger partial charge in [-0.3, -0.25) is 0 Å². The minimum absolute atomic E-state index is 1.19. The third-order valence-corrected chi connectivity index (χ3v) is 4.80. The van der Waals surface area contributed by atoms with Gasteiger partial charge in [-0.05, 0) is 84.3 Å². The molecule has 0 radical (unpaired) electrons. The van der Waals surface area contributed by atoms with Crippen molar-refractivity contribution < 1.29 is 0 Å². The fraction of sp³-hybridized carbons (Fsp3) is 0.200. The largest absolute Gasteiger partial charge is 0.0991 e. The monoisotopic (exact) mass is 328 g/mol. The Bertz CT molecular complexity index is 915. The molecule has 0 atom stereocenters. The minimum atomic E-state index is 1.19. The predicted octanol–water partition coefficient (Wildman–Crippen LogP) is 7.67. The summed E-state index contributed by atoms with van der Waals surface area (Å²) in [6.07, 6.45) is 16.7. The Kier molecular flexibility index (Phi) is 5.98. The maximum absolute atomic E-state index is 4.07. The standard InChI is InChI=1S/C25H28/c1-8-12-15-23-19(7)18(6)22(14-10-3)24-20(11-4)16-17(5)21(13-9-2)25(23)24/h8-16H,1,4H2,2-3,5-7H3/b13-9-,14-10-,15-12-. The van der Waals surface area contributed by atoms with E-state index in [1.807, 2.05) is 18.2 Å². The molecule has 0 heteroatoms. The molecule has 128 valence electrons. The summed E-state index contributed by atoms with van der Waals surface area (Å²) in [7, 11) is 0. The van der Waals surface area contributed by atoms with E-state index in [1.54, 1.807) is 0 Å². The van der Waals surface area contributed by atoms with Crippen LogP contribution in [0.5, 0.6) is 0 Å². The maximum atomic E-state index is 4.07. The number of aryl methyl sites for hydroxylation is 1. The first-order valence-corrected chi connectivity index (χ1v) is 8.79. The quantitative estimate of drug-likeness (QED) is 0.494. The molecule has 0 amide bonds. The molecule has 0 spiro atoms. The molecule has 0 saturated carbocycles. The lowest BCUT2D eigenvalue weighted by atomic mass is 9.83. The van der Waals surface area contributed by atoms with Crippen molar-refractivity contribution in [1.29, 1.82) is 0 Å². The van der Waals surface area contributed by atoms with Crippen LogP contribution in [0, 0.1) is 20.8 Å². The summed E-state index contributed by atoms with van der Waals surface area (Å²) in [5.74, 6) is 0. The van der Waals surface area contributed by atoms with E-state index in [2.05, 4.69) is 84.2 Å². The average molecular weight is 328 g/mol. The zero-order valence-corrected chi connectivity index (χ0v) is 16.1. The summed E-state index contributed by atoms with van der Waals surface area (Å²) in [5, 5.41) is 2.57. The highest BCUT2D eigenvalue weighted by Crippen LogP contribution is 2.38. The van der Waals surface area contributed by atoms with Crippen molar-refractivity contribution in [1.82, 2.24) is 0 Å². The molecule has 0 nitrogen and oxygen atoms in total. The van der Waals surface area contributed by atoms with Gasteiger partial charge in [-0.2, -0.15) is 0 Å². The zero-order valence-electron chi connectivity index (χ0n) is 16.1. The Morgan fingerprint density at radius 3 is 1.84 bits per heavy atom. The molecule has 0 heterocycles. The second kappa shape index (κ2) is 7.98. The van der Waals surface area contributed by atoms with Gasteiger partial charge in [-0.1, -0.05) is 67.8 Å². The fourth-order valence-electron chi connectivity index (χ4n) is 3.50. The normalized spacial score (nSPS) is 12.0. The van der Waals surface area contributed by atoms with Crippen LogP contribution in [0.1, 0.15) is 52.8 Å². The summed E-state index contributed by atoms with van der Waals surface area (Å²) >= 11 is 0. The van der Waals surface area contributed by atoms with Gasteiger partial charge in [0.2, 0.25) is 0 Å². The average Bonchev–Trinajstić information content (AvgIpc) is 2.60. The molecule has 2 rings (SSSR count). The van der Waals surface area contributed by atoms with Crippen molar-refractivity contribution in [2.75, 3.05) is 0 Å². The number of hydrogen-bond donors (Lipinski definition) is 0. The number of rotatable bonds is 5. The van der Waals surface area contributed by atoms with E-state index in [0.29, 0.717) is 0 Å². The highest BCUT2D eigenvalue weighted by molar-refractivity contribution is 6.08. The molecule has 0 aliphatic heterocycles. The Balaban J connectivity index is 3.26. The zero-order chi connectivity index (χ0) is 18.6. The van der Waals surface area contributed by atoms with Gasteiger partial charge in [0.25, 0.3) is 0 Å². The molecule has 0 bridgehead atoms. The summed E-state index contributed by atoms with van der Waals surface area (Å²) in [6.45, 7) is 18.6. The maximum Gasteiger partial charge on any atom is -0.00214 e. The number of benzene rings is 2. The van der Waals surface area contributed by atoms with E-state index >= 15 is 0 Å². The Morgan fingerprint density at radius 1 is 0.760 bits per heavy atom. The molecule has 2 aromatic carbocycles. The number of allylic oxidation sites excluding steroid dienone is 4. The van der Waals surface area contributed by atoms with Crippen LogP contribution in [0.15, 0.2) is 43.5 Å². The van der Waals surface area contributed by atoms with Gasteiger partial charge < -0.3 is 0 Å². The topological polar surface area (TPSA) is 0 Å². The molecule has 2 aromatic rings.